The number of furan rings is 1. The number of carbonyl (C=O) groups is 1. The molecule has 0 unspecified atom stereocenters. The van der Waals surface area contributed by atoms with Crippen LogP contribution in [0, 0.1) is 6.01 Å². The Kier molecular flexibility index (Phi) is 3.57. The lowest BCUT2D eigenvalue weighted by molar-refractivity contribution is 0.108. The van der Waals surface area contributed by atoms with Crippen LogP contribution in [0.1, 0.15) is 10.4 Å². The third-order valence-corrected chi connectivity index (χ3v) is 3.37. The summed E-state index contributed by atoms with van der Waals surface area (Å²) in [6.07, 6.45) is 0. The number of hydrogen-bond acceptors (Lipinski definition) is 3. The highest BCUT2D eigenvalue weighted by Crippen LogP contribution is 2.33. The lowest BCUT2D eigenvalue weighted by Gasteiger charge is -2.07. The first-order valence-electron chi connectivity index (χ1n) is 5.90. The van der Waals surface area contributed by atoms with Crippen molar-refractivity contribution in [2.24, 2.45) is 0 Å². The zero-order valence-corrected chi connectivity index (χ0v) is 11.9. The molecule has 0 spiro atoms. The first-order valence-corrected chi connectivity index (χ1v) is 6.65. The Morgan fingerprint density at radius 1 is 1.19 bits per heavy atom. The SMILES string of the molecule is O=C(Cl)c1ccc(Oc2cccc3cc(F)oc23)cc1Cl. The number of fused-ring (bicyclic) bond motifs is 1. The number of ether oxygens (including phenoxy) is 1. The quantitative estimate of drug-likeness (QED) is 0.606. The van der Waals surface area contributed by atoms with E-state index in [1.165, 1.54) is 18.2 Å². The average molecular weight is 325 g/mol. The highest BCUT2D eigenvalue weighted by Gasteiger charge is 2.12. The molecule has 0 saturated heterocycles. The zero-order valence-electron chi connectivity index (χ0n) is 10.4. The number of rotatable bonds is 3. The van der Waals surface area contributed by atoms with Gasteiger partial charge in [-0.25, -0.2) is 0 Å². The molecule has 0 fully saturated rings. The van der Waals surface area contributed by atoms with Gasteiger partial charge in [0.15, 0.2) is 11.3 Å². The fourth-order valence-corrected chi connectivity index (χ4v) is 2.40. The van der Waals surface area contributed by atoms with Gasteiger partial charge in [0.2, 0.25) is 0 Å². The lowest BCUT2D eigenvalue weighted by atomic mass is 10.2. The van der Waals surface area contributed by atoms with E-state index in [-0.39, 0.29) is 10.6 Å². The van der Waals surface area contributed by atoms with Gasteiger partial charge in [-0.15, -0.1) is 0 Å². The molecule has 0 aliphatic carbocycles. The Bertz CT molecular complexity index is 842. The van der Waals surface area contributed by atoms with E-state index in [0.29, 0.717) is 22.5 Å². The maximum Gasteiger partial charge on any atom is 0.279 e. The van der Waals surface area contributed by atoms with E-state index in [1.807, 2.05) is 0 Å². The molecule has 0 N–H and O–H groups in total. The second kappa shape index (κ2) is 5.39. The Morgan fingerprint density at radius 2 is 2.00 bits per heavy atom. The molecule has 0 atom stereocenters. The van der Waals surface area contributed by atoms with Crippen molar-refractivity contribution in [2.45, 2.75) is 0 Å². The topological polar surface area (TPSA) is 39.4 Å². The summed E-state index contributed by atoms with van der Waals surface area (Å²) in [6.45, 7) is 0. The predicted molar refractivity (Wildman–Crippen MR) is 77.9 cm³/mol. The molecule has 0 amide bonds. The van der Waals surface area contributed by atoms with Crippen molar-refractivity contribution in [3.8, 4) is 11.5 Å². The number of para-hydroxylation sites is 1. The molecule has 3 rings (SSSR count). The van der Waals surface area contributed by atoms with Crippen molar-refractivity contribution in [1.82, 2.24) is 0 Å². The molecule has 1 heterocycles. The van der Waals surface area contributed by atoms with Crippen molar-refractivity contribution >= 4 is 39.4 Å². The molecule has 0 aliphatic rings. The molecule has 3 aromatic rings. The average Bonchev–Trinajstić information content (AvgIpc) is 2.80. The molecule has 1 aromatic heterocycles. The molecule has 6 heteroatoms. The summed E-state index contributed by atoms with van der Waals surface area (Å²) < 4.78 is 23.7. The van der Waals surface area contributed by atoms with Crippen LogP contribution in [0.2, 0.25) is 5.02 Å². The van der Waals surface area contributed by atoms with Crippen LogP contribution in [-0.4, -0.2) is 5.24 Å². The van der Waals surface area contributed by atoms with Gasteiger partial charge in [-0.2, -0.15) is 4.39 Å². The molecule has 0 aliphatic heterocycles. The van der Waals surface area contributed by atoms with Gasteiger partial charge in [0, 0.05) is 17.5 Å². The monoisotopic (exact) mass is 324 g/mol. The highest BCUT2D eigenvalue weighted by atomic mass is 35.5. The summed E-state index contributed by atoms with van der Waals surface area (Å²) in [5.41, 5.74) is 0.483. The number of hydrogen-bond donors (Lipinski definition) is 0. The molecular weight excluding hydrogens is 318 g/mol. The van der Waals surface area contributed by atoms with E-state index >= 15 is 0 Å². The fourth-order valence-electron chi connectivity index (χ4n) is 1.93. The van der Waals surface area contributed by atoms with Gasteiger partial charge in [-0.05, 0) is 29.8 Å². The van der Waals surface area contributed by atoms with E-state index in [2.05, 4.69) is 0 Å². The van der Waals surface area contributed by atoms with Crippen molar-refractivity contribution < 1.29 is 18.3 Å². The van der Waals surface area contributed by atoms with Crippen molar-refractivity contribution in [1.29, 1.82) is 0 Å². The van der Waals surface area contributed by atoms with Gasteiger partial charge < -0.3 is 9.15 Å². The van der Waals surface area contributed by atoms with Crippen LogP contribution in [0.5, 0.6) is 11.5 Å². The van der Waals surface area contributed by atoms with E-state index in [0.717, 1.165) is 0 Å². The van der Waals surface area contributed by atoms with E-state index in [4.69, 9.17) is 32.4 Å². The highest BCUT2D eigenvalue weighted by molar-refractivity contribution is 6.68. The second-order valence-corrected chi connectivity index (χ2v) is 4.99. The van der Waals surface area contributed by atoms with Crippen molar-refractivity contribution in [2.75, 3.05) is 0 Å². The van der Waals surface area contributed by atoms with E-state index in [1.54, 1.807) is 24.3 Å². The van der Waals surface area contributed by atoms with Crippen LogP contribution in [0.4, 0.5) is 4.39 Å². The Hall–Kier alpha value is -2.04. The molecule has 0 bridgehead atoms. The summed E-state index contributed by atoms with van der Waals surface area (Å²) in [4.78, 5) is 11.1. The first kappa shape index (κ1) is 13.9. The van der Waals surface area contributed by atoms with Gasteiger partial charge in [-0.3, -0.25) is 4.79 Å². The Labute approximate surface area is 128 Å². The summed E-state index contributed by atoms with van der Waals surface area (Å²) >= 11 is 11.3. The van der Waals surface area contributed by atoms with Gasteiger partial charge in [-0.1, -0.05) is 23.7 Å². The largest absolute Gasteiger partial charge is 0.453 e. The summed E-state index contributed by atoms with van der Waals surface area (Å²) in [6, 6.07) is 10.1. The Balaban J connectivity index is 1.99. The van der Waals surface area contributed by atoms with Crippen LogP contribution in [0.25, 0.3) is 11.0 Å². The summed E-state index contributed by atoms with van der Waals surface area (Å²) in [5, 5.41) is 0.107. The molecular formula is C15H7Cl2FO3. The van der Waals surface area contributed by atoms with E-state index in [9.17, 15) is 9.18 Å². The van der Waals surface area contributed by atoms with Gasteiger partial charge in [0.1, 0.15) is 5.75 Å². The normalized spacial score (nSPS) is 10.8. The summed E-state index contributed by atoms with van der Waals surface area (Å²) in [5.74, 6) is 0.725. The minimum absolute atomic E-state index is 0.172. The maximum atomic E-state index is 13.2. The van der Waals surface area contributed by atoms with Gasteiger partial charge in [0.25, 0.3) is 11.3 Å². The minimum atomic E-state index is -0.692. The third kappa shape index (κ3) is 2.73. The lowest BCUT2D eigenvalue weighted by Crippen LogP contribution is -1.91. The predicted octanol–water partition coefficient (Wildman–Crippen LogP) is 5.40. The smallest absolute Gasteiger partial charge is 0.279 e. The van der Waals surface area contributed by atoms with E-state index < -0.39 is 11.3 Å². The molecule has 106 valence electrons. The zero-order chi connectivity index (χ0) is 15.0. The molecule has 0 radical (unpaired) electrons. The van der Waals surface area contributed by atoms with Crippen LogP contribution in [-0.2, 0) is 0 Å². The number of carbonyl (C=O) groups excluding carboxylic acids is 1. The van der Waals surface area contributed by atoms with Gasteiger partial charge >= 0.3 is 0 Å². The standard InChI is InChI=1S/C15H7Cl2FO3/c16-11-7-9(4-5-10(11)15(17)19)20-12-3-1-2-8-6-13(18)21-14(8)12/h1-7H. The van der Waals surface area contributed by atoms with Crippen molar-refractivity contribution in [3.63, 3.8) is 0 Å². The summed E-state index contributed by atoms with van der Waals surface area (Å²) in [7, 11) is 0. The Morgan fingerprint density at radius 3 is 2.71 bits per heavy atom. The fraction of sp³-hybridized carbons (Fsp3) is 0. The van der Waals surface area contributed by atoms with Crippen LogP contribution < -0.4 is 4.74 Å². The molecule has 2 aromatic carbocycles. The first-order chi connectivity index (χ1) is 10.0. The van der Waals surface area contributed by atoms with Crippen LogP contribution >= 0.6 is 23.2 Å². The number of benzene rings is 2. The minimum Gasteiger partial charge on any atom is -0.453 e. The van der Waals surface area contributed by atoms with Crippen molar-refractivity contribution in [3.05, 3.63) is 59.1 Å². The number of halogens is 3. The molecule has 0 saturated carbocycles. The van der Waals surface area contributed by atoms with Gasteiger partial charge in [0.05, 0.1) is 10.6 Å². The van der Waals surface area contributed by atoms with Crippen LogP contribution in [0.3, 0.4) is 0 Å². The molecule has 3 nitrogen and oxygen atoms in total. The molecule has 21 heavy (non-hydrogen) atoms. The second-order valence-electron chi connectivity index (χ2n) is 4.24. The third-order valence-electron chi connectivity index (χ3n) is 2.86. The van der Waals surface area contributed by atoms with Crippen LogP contribution in [0.15, 0.2) is 46.9 Å². The maximum absolute atomic E-state index is 13.2.